The van der Waals surface area contributed by atoms with E-state index in [9.17, 15) is 14.7 Å². The zero-order valence-corrected chi connectivity index (χ0v) is 11.7. The lowest BCUT2D eigenvalue weighted by Crippen LogP contribution is -2.49. The Kier molecular flexibility index (Phi) is 4.84. The molecule has 1 aliphatic heterocycles. The summed E-state index contributed by atoms with van der Waals surface area (Å²) in [6, 6.07) is 2.71. The number of piperidine rings is 1. The number of ketones is 1. The fourth-order valence-corrected chi connectivity index (χ4v) is 2.73. The Morgan fingerprint density at radius 1 is 1.20 bits per heavy atom. The molecular formula is C15H20N2O3. The van der Waals surface area contributed by atoms with E-state index < -0.39 is 17.9 Å². The first-order chi connectivity index (χ1) is 9.61. The molecular weight excluding hydrogens is 256 g/mol. The van der Waals surface area contributed by atoms with Crippen LogP contribution in [-0.4, -0.2) is 45.9 Å². The van der Waals surface area contributed by atoms with Gasteiger partial charge in [0.25, 0.3) is 0 Å². The first kappa shape index (κ1) is 14.7. The van der Waals surface area contributed by atoms with E-state index in [-0.39, 0.29) is 5.78 Å². The van der Waals surface area contributed by atoms with Crippen LogP contribution >= 0.6 is 0 Å². The lowest BCUT2D eigenvalue weighted by atomic mass is 9.91. The maximum Gasteiger partial charge on any atom is 0.308 e. The smallest absolute Gasteiger partial charge is 0.308 e. The Morgan fingerprint density at radius 2 is 1.80 bits per heavy atom. The number of rotatable bonds is 5. The van der Waals surface area contributed by atoms with Gasteiger partial charge in [0.2, 0.25) is 0 Å². The fourth-order valence-electron chi connectivity index (χ4n) is 2.73. The molecule has 1 aromatic heterocycles. The molecule has 20 heavy (non-hydrogen) atoms. The van der Waals surface area contributed by atoms with Crippen molar-refractivity contribution in [2.75, 3.05) is 13.1 Å². The molecule has 0 saturated carbocycles. The van der Waals surface area contributed by atoms with Gasteiger partial charge in [-0.05, 0) is 45.0 Å². The second-order valence-corrected chi connectivity index (χ2v) is 5.27. The number of Topliss-reactive ketones (excluding diaryl/α,β-unsaturated/α-hetero) is 1. The number of carbonyl (C=O) groups excluding carboxylic acids is 1. The zero-order valence-electron chi connectivity index (χ0n) is 11.7. The highest BCUT2D eigenvalue weighted by molar-refractivity contribution is 6.02. The Morgan fingerprint density at radius 3 is 2.35 bits per heavy atom. The van der Waals surface area contributed by atoms with Crippen molar-refractivity contribution in [2.45, 2.75) is 32.2 Å². The van der Waals surface area contributed by atoms with Crippen LogP contribution in [0, 0.1) is 5.92 Å². The van der Waals surface area contributed by atoms with Gasteiger partial charge in [-0.15, -0.1) is 0 Å². The number of carboxylic acids is 1. The molecule has 0 spiro atoms. The molecule has 5 heteroatoms. The molecule has 0 aliphatic carbocycles. The van der Waals surface area contributed by atoms with Gasteiger partial charge in [0, 0.05) is 18.0 Å². The molecule has 1 saturated heterocycles. The predicted octanol–water partition coefficient (Wildman–Crippen LogP) is 1.84. The maximum absolute atomic E-state index is 12.7. The zero-order chi connectivity index (χ0) is 14.5. The standard InChI is InChI=1S/C15H20N2O3/c1-11(15(19)20)13(17-9-3-2-4-10-17)14(18)12-5-7-16-8-6-12/h5-8,11,13H,2-4,9-10H2,1H3,(H,19,20). The number of carboxylic acid groups (broad SMARTS) is 1. The van der Waals surface area contributed by atoms with Crippen molar-refractivity contribution in [1.82, 2.24) is 9.88 Å². The molecule has 0 amide bonds. The van der Waals surface area contributed by atoms with Gasteiger partial charge >= 0.3 is 5.97 Å². The third-order valence-corrected chi connectivity index (χ3v) is 3.88. The first-order valence-corrected chi connectivity index (χ1v) is 7.02. The minimum absolute atomic E-state index is 0.121. The Labute approximate surface area is 118 Å². The van der Waals surface area contributed by atoms with Crippen molar-refractivity contribution in [3.63, 3.8) is 0 Å². The lowest BCUT2D eigenvalue weighted by Gasteiger charge is -2.35. The van der Waals surface area contributed by atoms with Crippen LogP contribution in [0.2, 0.25) is 0 Å². The molecule has 2 heterocycles. The molecule has 1 aliphatic rings. The summed E-state index contributed by atoms with van der Waals surface area (Å²) in [7, 11) is 0. The largest absolute Gasteiger partial charge is 0.481 e. The van der Waals surface area contributed by atoms with Crippen LogP contribution in [0.1, 0.15) is 36.5 Å². The second-order valence-electron chi connectivity index (χ2n) is 5.27. The molecule has 1 fully saturated rings. The van der Waals surface area contributed by atoms with E-state index in [1.54, 1.807) is 31.5 Å². The van der Waals surface area contributed by atoms with Crippen molar-refractivity contribution < 1.29 is 14.7 Å². The third-order valence-electron chi connectivity index (χ3n) is 3.88. The summed E-state index contributed by atoms with van der Waals surface area (Å²) < 4.78 is 0. The van der Waals surface area contributed by atoms with Crippen LogP contribution in [-0.2, 0) is 4.79 Å². The molecule has 0 radical (unpaired) electrons. The van der Waals surface area contributed by atoms with Gasteiger partial charge in [-0.3, -0.25) is 19.5 Å². The molecule has 1 aromatic rings. The summed E-state index contributed by atoms with van der Waals surface area (Å²) in [5.74, 6) is -1.76. The number of likely N-dealkylation sites (tertiary alicyclic amines) is 1. The van der Waals surface area contributed by atoms with Crippen molar-refractivity contribution >= 4 is 11.8 Å². The molecule has 108 valence electrons. The van der Waals surface area contributed by atoms with Crippen LogP contribution < -0.4 is 0 Å². The minimum atomic E-state index is -0.928. The van der Waals surface area contributed by atoms with Crippen LogP contribution in [0.25, 0.3) is 0 Å². The van der Waals surface area contributed by atoms with Gasteiger partial charge < -0.3 is 5.11 Å². The first-order valence-electron chi connectivity index (χ1n) is 7.02. The molecule has 5 nitrogen and oxygen atoms in total. The maximum atomic E-state index is 12.7. The lowest BCUT2D eigenvalue weighted by molar-refractivity contribution is -0.143. The average Bonchev–Trinajstić information content (AvgIpc) is 2.49. The normalized spacial score (nSPS) is 19.2. The molecule has 1 N–H and O–H groups in total. The van der Waals surface area contributed by atoms with E-state index >= 15 is 0 Å². The molecule has 2 rings (SSSR count). The number of hydrogen-bond acceptors (Lipinski definition) is 4. The van der Waals surface area contributed by atoms with E-state index in [1.165, 1.54) is 0 Å². The van der Waals surface area contributed by atoms with Gasteiger partial charge in [0.15, 0.2) is 5.78 Å². The monoisotopic (exact) mass is 276 g/mol. The van der Waals surface area contributed by atoms with E-state index in [4.69, 9.17) is 0 Å². The van der Waals surface area contributed by atoms with Gasteiger partial charge in [0.1, 0.15) is 0 Å². The van der Waals surface area contributed by atoms with Gasteiger partial charge in [-0.1, -0.05) is 6.42 Å². The number of aliphatic carboxylic acids is 1. The summed E-state index contributed by atoms with van der Waals surface area (Å²) in [6.45, 7) is 3.19. The molecule has 2 atom stereocenters. The topological polar surface area (TPSA) is 70.5 Å². The third kappa shape index (κ3) is 3.22. The number of hydrogen-bond donors (Lipinski definition) is 1. The van der Waals surface area contributed by atoms with Crippen molar-refractivity contribution in [3.05, 3.63) is 30.1 Å². The fraction of sp³-hybridized carbons (Fsp3) is 0.533. The highest BCUT2D eigenvalue weighted by Gasteiger charge is 2.36. The Hall–Kier alpha value is -1.75. The summed E-state index contributed by atoms with van der Waals surface area (Å²) >= 11 is 0. The van der Waals surface area contributed by atoms with Crippen LogP contribution in [0.4, 0.5) is 0 Å². The minimum Gasteiger partial charge on any atom is -0.481 e. The van der Waals surface area contributed by atoms with Crippen LogP contribution in [0.5, 0.6) is 0 Å². The number of pyridine rings is 1. The average molecular weight is 276 g/mol. The van der Waals surface area contributed by atoms with Gasteiger partial charge in [-0.25, -0.2) is 0 Å². The summed E-state index contributed by atoms with van der Waals surface area (Å²) in [5, 5.41) is 9.29. The van der Waals surface area contributed by atoms with E-state index in [0.29, 0.717) is 5.56 Å². The molecule has 0 bridgehead atoms. The predicted molar refractivity (Wildman–Crippen MR) is 74.6 cm³/mol. The van der Waals surface area contributed by atoms with Crippen molar-refractivity contribution in [1.29, 1.82) is 0 Å². The Bertz CT molecular complexity index is 469. The second kappa shape index (κ2) is 6.61. The summed E-state index contributed by atoms with van der Waals surface area (Å²) in [4.78, 5) is 29.9. The van der Waals surface area contributed by atoms with Crippen LogP contribution in [0.15, 0.2) is 24.5 Å². The van der Waals surface area contributed by atoms with E-state index in [0.717, 1.165) is 32.4 Å². The highest BCUT2D eigenvalue weighted by atomic mass is 16.4. The number of aromatic nitrogens is 1. The van der Waals surface area contributed by atoms with Crippen molar-refractivity contribution in [3.8, 4) is 0 Å². The van der Waals surface area contributed by atoms with E-state index in [2.05, 4.69) is 4.98 Å². The molecule has 0 aromatic carbocycles. The van der Waals surface area contributed by atoms with Gasteiger partial charge in [0.05, 0.1) is 12.0 Å². The molecule has 2 unspecified atom stereocenters. The highest BCUT2D eigenvalue weighted by Crippen LogP contribution is 2.21. The number of carbonyl (C=O) groups is 2. The summed E-state index contributed by atoms with van der Waals surface area (Å²) in [6.07, 6.45) is 6.31. The summed E-state index contributed by atoms with van der Waals surface area (Å²) in [5.41, 5.74) is 0.531. The number of nitrogens with zero attached hydrogens (tertiary/aromatic N) is 2. The SMILES string of the molecule is CC(C(=O)O)C(C(=O)c1ccncc1)N1CCCCC1. The Balaban J connectivity index is 2.25. The van der Waals surface area contributed by atoms with E-state index in [1.807, 2.05) is 4.90 Å². The quantitative estimate of drug-likeness (QED) is 0.831. The van der Waals surface area contributed by atoms with Crippen LogP contribution in [0.3, 0.4) is 0 Å². The van der Waals surface area contributed by atoms with Crippen molar-refractivity contribution in [2.24, 2.45) is 5.92 Å². The van der Waals surface area contributed by atoms with Gasteiger partial charge in [-0.2, -0.15) is 0 Å².